The van der Waals surface area contributed by atoms with Crippen molar-refractivity contribution in [1.82, 2.24) is 4.98 Å². The summed E-state index contributed by atoms with van der Waals surface area (Å²) in [5.41, 5.74) is 1.13. The van der Waals surface area contributed by atoms with Crippen molar-refractivity contribution in [3.63, 3.8) is 0 Å². The van der Waals surface area contributed by atoms with Gasteiger partial charge < -0.3 is 5.32 Å². The van der Waals surface area contributed by atoms with Crippen molar-refractivity contribution in [3.8, 4) is 0 Å². The van der Waals surface area contributed by atoms with Crippen LogP contribution in [0.4, 0.5) is 5.69 Å². The van der Waals surface area contributed by atoms with Crippen LogP contribution in [-0.2, 0) is 4.79 Å². The molecule has 0 atom stereocenters. The quantitative estimate of drug-likeness (QED) is 0.798. The summed E-state index contributed by atoms with van der Waals surface area (Å²) >= 11 is 3.29. The Labute approximate surface area is 129 Å². The summed E-state index contributed by atoms with van der Waals surface area (Å²) in [6.07, 6.45) is 5.98. The summed E-state index contributed by atoms with van der Waals surface area (Å²) < 4.78 is 0.779. The van der Waals surface area contributed by atoms with E-state index in [2.05, 4.69) is 47.0 Å². The monoisotopic (exact) mass is 338 g/mol. The maximum atomic E-state index is 12.3. The Morgan fingerprint density at radius 3 is 2.40 bits per heavy atom. The highest BCUT2D eigenvalue weighted by molar-refractivity contribution is 9.10. The minimum Gasteiger partial charge on any atom is -0.324 e. The van der Waals surface area contributed by atoms with E-state index in [9.17, 15) is 4.79 Å². The van der Waals surface area contributed by atoms with Crippen LogP contribution in [0.15, 0.2) is 22.9 Å². The van der Waals surface area contributed by atoms with E-state index in [1.807, 2.05) is 12.1 Å². The number of aromatic nitrogens is 1. The second-order valence-corrected chi connectivity index (χ2v) is 7.59. The van der Waals surface area contributed by atoms with Crippen molar-refractivity contribution in [1.29, 1.82) is 0 Å². The van der Waals surface area contributed by atoms with Crippen LogP contribution in [0.5, 0.6) is 0 Å². The van der Waals surface area contributed by atoms with Gasteiger partial charge in [0.05, 0.1) is 11.9 Å². The van der Waals surface area contributed by atoms with Gasteiger partial charge in [0, 0.05) is 5.92 Å². The average Bonchev–Trinajstić information content (AvgIpc) is 2.40. The number of rotatable bonds is 2. The fourth-order valence-electron chi connectivity index (χ4n) is 2.92. The molecule has 1 aromatic rings. The Kier molecular flexibility index (Phi) is 4.84. The summed E-state index contributed by atoms with van der Waals surface area (Å²) in [7, 11) is 0. The average molecular weight is 339 g/mol. The fourth-order valence-corrected chi connectivity index (χ4v) is 3.15. The molecule has 0 spiro atoms. The zero-order valence-electron chi connectivity index (χ0n) is 12.4. The van der Waals surface area contributed by atoms with Crippen molar-refractivity contribution in [2.75, 3.05) is 5.32 Å². The van der Waals surface area contributed by atoms with E-state index in [1.165, 1.54) is 0 Å². The van der Waals surface area contributed by atoms with E-state index in [-0.39, 0.29) is 11.8 Å². The molecule has 1 fully saturated rings. The van der Waals surface area contributed by atoms with Crippen LogP contribution in [0.1, 0.15) is 46.5 Å². The van der Waals surface area contributed by atoms with E-state index < -0.39 is 0 Å². The summed E-state index contributed by atoms with van der Waals surface area (Å²) in [6.45, 7) is 6.89. The molecule has 2 rings (SSSR count). The van der Waals surface area contributed by atoms with Gasteiger partial charge in [-0.2, -0.15) is 0 Å². The van der Waals surface area contributed by atoms with Gasteiger partial charge in [-0.05, 0) is 65.1 Å². The minimum absolute atomic E-state index is 0.140. The van der Waals surface area contributed by atoms with Crippen LogP contribution in [0.3, 0.4) is 0 Å². The topological polar surface area (TPSA) is 42.0 Å². The highest BCUT2D eigenvalue weighted by Crippen LogP contribution is 2.40. The third-order valence-electron chi connectivity index (χ3n) is 4.32. The second-order valence-electron chi connectivity index (χ2n) is 6.77. The molecule has 0 aliphatic heterocycles. The molecule has 20 heavy (non-hydrogen) atoms. The summed E-state index contributed by atoms with van der Waals surface area (Å²) in [5, 5.41) is 2.97. The summed E-state index contributed by atoms with van der Waals surface area (Å²) in [5.74, 6) is 1.03. The molecule has 1 aliphatic rings. The van der Waals surface area contributed by atoms with Crippen LogP contribution in [0.2, 0.25) is 0 Å². The van der Waals surface area contributed by atoms with Crippen molar-refractivity contribution in [2.24, 2.45) is 17.3 Å². The van der Waals surface area contributed by atoms with Gasteiger partial charge >= 0.3 is 0 Å². The molecule has 1 aliphatic carbocycles. The molecule has 4 heteroatoms. The zero-order valence-corrected chi connectivity index (χ0v) is 14.0. The molecule has 1 N–H and O–H groups in total. The first-order chi connectivity index (χ1) is 9.36. The third kappa shape index (κ3) is 4.05. The summed E-state index contributed by atoms with van der Waals surface area (Å²) in [6, 6.07) is 3.71. The Balaban J connectivity index is 1.87. The largest absolute Gasteiger partial charge is 0.324 e. The first-order valence-electron chi connectivity index (χ1n) is 7.28. The smallest absolute Gasteiger partial charge is 0.227 e. The van der Waals surface area contributed by atoms with E-state index in [0.717, 1.165) is 41.9 Å². The predicted octanol–water partition coefficient (Wildman–Crippen LogP) is 4.64. The number of halogens is 1. The van der Waals surface area contributed by atoms with E-state index in [1.54, 1.807) is 6.20 Å². The lowest BCUT2D eigenvalue weighted by Gasteiger charge is -2.36. The van der Waals surface area contributed by atoms with E-state index in [4.69, 9.17) is 0 Å². The maximum absolute atomic E-state index is 12.3. The molecular formula is C16H23BrN2O. The molecular weight excluding hydrogens is 316 g/mol. The van der Waals surface area contributed by atoms with Crippen LogP contribution >= 0.6 is 15.9 Å². The molecule has 1 heterocycles. The van der Waals surface area contributed by atoms with Crippen LogP contribution in [0, 0.1) is 17.3 Å². The number of hydrogen-bond donors (Lipinski definition) is 1. The first-order valence-corrected chi connectivity index (χ1v) is 8.08. The van der Waals surface area contributed by atoms with Crippen LogP contribution in [-0.4, -0.2) is 10.9 Å². The summed E-state index contributed by atoms with van der Waals surface area (Å²) in [4.78, 5) is 16.4. The van der Waals surface area contributed by atoms with Gasteiger partial charge in [0.1, 0.15) is 4.60 Å². The van der Waals surface area contributed by atoms with Crippen LogP contribution < -0.4 is 5.32 Å². The molecule has 1 aromatic heterocycles. The number of anilines is 1. The number of amides is 1. The lowest BCUT2D eigenvalue weighted by Crippen LogP contribution is -2.31. The minimum atomic E-state index is 0.140. The maximum Gasteiger partial charge on any atom is 0.227 e. The van der Waals surface area contributed by atoms with Gasteiger partial charge in [0.25, 0.3) is 0 Å². The molecule has 0 bridgehead atoms. The lowest BCUT2D eigenvalue weighted by molar-refractivity contribution is -0.121. The Bertz CT molecular complexity index is 456. The van der Waals surface area contributed by atoms with E-state index in [0.29, 0.717) is 5.41 Å². The van der Waals surface area contributed by atoms with Gasteiger partial charge in [-0.1, -0.05) is 20.8 Å². The SMILES string of the molecule is CC(C)(C)C1CCC(C(=O)Nc2ccc(Br)nc2)CC1. The van der Waals surface area contributed by atoms with Crippen molar-refractivity contribution >= 4 is 27.5 Å². The van der Waals surface area contributed by atoms with Crippen LogP contribution in [0.25, 0.3) is 0 Å². The molecule has 0 saturated heterocycles. The van der Waals surface area contributed by atoms with Crippen molar-refractivity contribution in [3.05, 3.63) is 22.9 Å². The van der Waals surface area contributed by atoms with Gasteiger partial charge in [-0.15, -0.1) is 0 Å². The number of carbonyl (C=O) groups excluding carboxylic acids is 1. The fraction of sp³-hybridized carbons (Fsp3) is 0.625. The van der Waals surface area contributed by atoms with Gasteiger partial charge in [0.15, 0.2) is 0 Å². The Morgan fingerprint density at radius 2 is 1.90 bits per heavy atom. The molecule has 0 unspecified atom stereocenters. The predicted molar refractivity (Wildman–Crippen MR) is 85.5 cm³/mol. The number of nitrogens with zero attached hydrogens (tertiary/aromatic N) is 1. The second kappa shape index (κ2) is 6.25. The number of nitrogens with one attached hydrogen (secondary N) is 1. The van der Waals surface area contributed by atoms with Crippen molar-refractivity contribution < 1.29 is 4.79 Å². The zero-order chi connectivity index (χ0) is 14.8. The molecule has 110 valence electrons. The lowest BCUT2D eigenvalue weighted by atomic mass is 9.69. The third-order valence-corrected chi connectivity index (χ3v) is 4.79. The number of carbonyl (C=O) groups is 1. The van der Waals surface area contributed by atoms with Gasteiger partial charge in [-0.25, -0.2) is 4.98 Å². The first kappa shape index (κ1) is 15.5. The van der Waals surface area contributed by atoms with Crippen molar-refractivity contribution in [2.45, 2.75) is 46.5 Å². The van der Waals surface area contributed by atoms with Gasteiger partial charge in [0.2, 0.25) is 5.91 Å². The number of hydrogen-bond acceptors (Lipinski definition) is 2. The van der Waals surface area contributed by atoms with E-state index >= 15 is 0 Å². The molecule has 0 aromatic carbocycles. The normalized spacial score (nSPS) is 23.4. The standard InChI is InChI=1S/C16H23BrN2O/c1-16(2,3)12-6-4-11(5-7-12)15(20)19-13-8-9-14(17)18-10-13/h8-12H,4-7H2,1-3H3,(H,19,20). The Hall–Kier alpha value is -0.900. The van der Waals surface area contributed by atoms with Gasteiger partial charge in [-0.3, -0.25) is 4.79 Å². The highest BCUT2D eigenvalue weighted by atomic mass is 79.9. The molecule has 1 saturated carbocycles. The highest BCUT2D eigenvalue weighted by Gasteiger charge is 2.32. The number of pyridine rings is 1. The molecule has 1 amide bonds. The Morgan fingerprint density at radius 1 is 1.25 bits per heavy atom. The molecule has 0 radical (unpaired) electrons. The molecule has 3 nitrogen and oxygen atoms in total.